The van der Waals surface area contributed by atoms with Crippen molar-refractivity contribution in [3.8, 4) is 0 Å². The Balaban J connectivity index is 1.97. The van der Waals surface area contributed by atoms with Crippen molar-refractivity contribution < 1.29 is 19.2 Å². The third kappa shape index (κ3) is 2.84. The minimum atomic E-state index is -0.777. The monoisotopic (exact) mass is 280 g/mol. The van der Waals surface area contributed by atoms with Crippen LogP contribution in [0.15, 0.2) is 4.52 Å². The molecule has 2 N–H and O–H groups in total. The molecular weight excluding hydrogens is 260 g/mol. The fourth-order valence-corrected chi connectivity index (χ4v) is 2.90. The molecule has 6 nitrogen and oxygen atoms in total. The summed E-state index contributed by atoms with van der Waals surface area (Å²) in [6.45, 7) is 5.41. The predicted molar refractivity (Wildman–Crippen MR) is 71.3 cm³/mol. The van der Waals surface area contributed by atoms with Crippen molar-refractivity contribution in [1.29, 1.82) is 0 Å². The number of carboxylic acid groups (broad SMARTS) is 1. The molecule has 1 heterocycles. The van der Waals surface area contributed by atoms with Gasteiger partial charge in [-0.2, -0.15) is 0 Å². The first kappa shape index (κ1) is 14.6. The van der Waals surface area contributed by atoms with E-state index in [9.17, 15) is 9.59 Å². The second-order valence-corrected chi connectivity index (χ2v) is 5.51. The summed E-state index contributed by atoms with van der Waals surface area (Å²) < 4.78 is 5.08. The van der Waals surface area contributed by atoms with Crippen LogP contribution < -0.4 is 5.32 Å². The van der Waals surface area contributed by atoms with Gasteiger partial charge in [0.15, 0.2) is 0 Å². The van der Waals surface area contributed by atoms with Crippen LogP contribution in [0.25, 0.3) is 0 Å². The van der Waals surface area contributed by atoms with Gasteiger partial charge in [0.2, 0.25) is 5.91 Å². The smallest absolute Gasteiger partial charge is 0.306 e. The van der Waals surface area contributed by atoms with Crippen LogP contribution in [0.4, 0.5) is 0 Å². The zero-order chi connectivity index (χ0) is 14.9. The lowest BCUT2D eigenvalue weighted by Crippen LogP contribution is -2.36. The Morgan fingerprint density at radius 1 is 1.40 bits per heavy atom. The number of amides is 1. The molecule has 0 aromatic carbocycles. The largest absolute Gasteiger partial charge is 0.481 e. The van der Waals surface area contributed by atoms with Crippen molar-refractivity contribution in [3.05, 3.63) is 17.0 Å². The van der Waals surface area contributed by atoms with E-state index in [1.54, 1.807) is 6.92 Å². The first-order valence-electron chi connectivity index (χ1n) is 6.86. The van der Waals surface area contributed by atoms with Crippen molar-refractivity contribution in [2.45, 2.75) is 52.0 Å². The summed E-state index contributed by atoms with van der Waals surface area (Å²) in [4.78, 5) is 23.2. The van der Waals surface area contributed by atoms with E-state index < -0.39 is 5.97 Å². The molecule has 1 fully saturated rings. The van der Waals surface area contributed by atoms with Gasteiger partial charge in [-0.25, -0.2) is 0 Å². The zero-order valence-electron chi connectivity index (χ0n) is 12.0. The van der Waals surface area contributed by atoms with Crippen LogP contribution in [0.3, 0.4) is 0 Å². The highest BCUT2D eigenvalue weighted by Crippen LogP contribution is 2.28. The molecule has 1 aromatic heterocycles. The minimum Gasteiger partial charge on any atom is -0.481 e. The number of hydrogen-bond donors (Lipinski definition) is 2. The number of carbonyl (C=O) groups is 2. The zero-order valence-corrected chi connectivity index (χ0v) is 12.0. The van der Waals surface area contributed by atoms with Gasteiger partial charge in [-0.3, -0.25) is 9.59 Å². The van der Waals surface area contributed by atoms with Gasteiger partial charge >= 0.3 is 5.97 Å². The van der Waals surface area contributed by atoms with Crippen LogP contribution in [0.2, 0.25) is 0 Å². The molecule has 0 radical (unpaired) electrons. The third-order valence-electron chi connectivity index (χ3n) is 4.04. The molecule has 1 aromatic rings. The lowest BCUT2D eigenvalue weighted by atomic mass is 9.98. The molecular formula is C14H20N2O4. The van der Waals surface area contributed by atoms with E-state index >= 15 is 0 Å². The minimum absolute atomic E-state index is 0.0495. The number of rotatable bonds is 4. The lowest BCUT2D eigenvalue weighted by molar-refractivity contribution is -0.141. The van der Waals surface area contributed by atoms with Gasteiger partial charge in [0, 0.05) is 11.6 Å². The molecule has 110 valence electrons. The van der Waals surface area contributed by atoms with E-state index in [1.165, 1.54) is 0 Å². The molecule has 2 rings (SSSR count). The van der Waals surface area contributed by atoms with Gasteiger partial charge in [-0.05, 0) is 40.0 Å². The van der Waals surface area contributed by atoms with E-state index in [0.29, 0.717) is 18.6 Å². The maximum Gasteiger partial charge on any atom is 0.306 e. The molecule has 3 atom stereocenters. The number of aryl methyl sites for hydroxylation is 2. The Morgan fingerprint density at radius 2 is 2.10 bits per heavy atom. The summed E-state index contributed by atoms with van der Waals surface area (Å²) in [6, 6.07) is -0.0495. The molecule has 1 saturated carbocycles. The van der Waals surface area contributed by atoms with Gasteiger partial charge in [-0.15, -0.1) is 0 Å². The molecule has 0 bridgehead atoms. The first-order chi connectivity index (χ1) is 9.40. The molecule has 1 aliphatic rings. The number of carboxylic acids is 1. The topological polar surface area (TPSA) is 92.4 Å². The van der Waals surface area contributed by atoms with E-state index in [0.717, 1.165) is 17.7 Å². The van der Waals surface area contributed by atoms with Gasteiger partial charge in [0.25, 0.3) is 0 Å². The fraction of sp³-hybridized carbons (Fsp3) is 0.643. The Hall–Kier alpha value is -1.85. The summed E-state index contributed by atoms with van der Waals surface area (Å²) >= 11 is 0. The standard InChI is InChI=1S/C14H20N2O4/c1-7(12-8(2)16-20-9(12)3)13(17)15-11-5-4-10(6-11)14(18)19/h7,10-11H,4-6H2,1-3H3,(H,15,17)(H,18,19)/t7-,10-,11-/m0/s1. The Morgan fingerprint density at radius 3 is 2.60 bits per heavy atom. The second kappa shape index (κ2) is 5.64. The SMILES string of the molecule is Cc1noc(C)c1[C@H](C)C(=O)N[C@H]1CC[C@H](C(=O)O)C1. The number of nitrogens with one attached hydrogen (secondary N) is 1. The number of aliphatic carboxylic acids is 1. The maximum atomic E-state index is 12.3. The molecule has 0 saturated heterocycles. The number of carbonyl (C=O) groups excluding carboxylic acids is 1. The van der Waals surface area contributed by atoms with Crippen LogP contribution in [0.1, 0.15) is 49.1 Å². The van der Waals surface area contributed by atoms with Crippen LogP contribution in [-0.2, 0) is 9.59 Å². The Bertz CT molecular complexity index is 504. The van der Waals surface area contributed by atoms with E-state index in [4.69, 9.17) is 9.63 Å². The Labute approximate surface area is 117 Å². The van der Waals surface area contributed by atoms with Gasteiger partial charge in [0.05, 0.1) is 17.5 Å². The van der Waals surface area contributed by atoms with E-state index in [2.05, 4.69) is 10.5 Å². The maximum absolute atomic E-state index is 12.3. The van der Waals surface area contributed by atoms with Crippen LogP contribution >= 0.6 is 0 Å². The van der Waals surface area contributed by atoms with Crippen molar-refractivity contribution in [3.63, 3.8) is 0 Å². The van der Waals surface area contributed by atoms with Gasteiger partial charge < -0.3 is 14.9 Å². The van der Waals surface area contributed by atoms with Crippen molar-refractivity contribution in [2.75, 3.05) is 0 Å². The van der Waals surface area contributed by atoms with E-state index in [-0.39, 0.29) is 23.8 Å². The summed E-state index contributed by atoms with van der Waals surface area (Å²) in [5.74, 6) is -0.907. The van der Waals surface area contributed by atoms with Gasteiger partial charge in [0.1, 0.15) is 5.76 Å². The van der Waals surface area contributed by atoms with Gasteiger partial charge in [-0.1, -0.05) is 5.16 Å². The molecule has 6 heteroatoms. The highest BCUT2D eigenvalue weighted by Gasteiger charge is 2.32. The molecule has 1 aliphatic carbocycles. The van der Waals surface area contributed by atoms with Crippen LogP contribution in [-0.4, -0.2) is 28.2 Å². The molecule has 0 spiro atoms. The quantitative estimate of drug-likeness (QED) is 0.876. The molecule has 0 unspecified atom stereocenters. The number of hydrogen-bond acceptors (Lipinski definition) is 4. The highest BCUT2D eigenvalue weighted by atomic mass is 16.5. The predicted octanol–water partition coefficient (Wildman–Crippen LogP) is 1.76. The van der Waals surface area contributed by atoms with Crippen molar-refractivity contribution in [1.82, 2.24) is 10.5 Å². The average molecular weight is 280 g/mol. The summed E-state index contributed by atoms with van der Waals surface area (Å²) in [7, 11) is 0. The fourth-order valence-electron chi connectivity index (χ4n) is 2.90. The molecule has 1 amide bonds. The average Bonchev–Trinajstić information content (AvgIpc) is 2.96. The third-order valence-corrected chi connectivity index (χ3v) is 4.04. The second-order valence-electron chi connectivity index (χ2n) is 5.51. The normalized spacial score (nSPS) is 23.6. The Kier molecular flexibility index (Phi) is 4.11. The van der Waals surface area contributed by atoms with Crippen molar-refractivity contribution >= 4 is 11.9 Å². The number of nitrogens with zero attached hydrogens (tertiary/aromatic N) is 1. The summed E-state index contributed by atoms with van der Waals surface area (Å²) in [5, 5.41) is 15.8. The molecule has 0 aliphatic heterocycles. The molecule has 20 heavy (non-hydrogen) atoms. The van der Waals surface area contributed by atoms with Crippen molar-refractivity contribution in [2.24, 2.45) is 5.92 Å². The van der Waals surface area contributed by atoms with Crippen LogP contribution in [0.5, 0.6) is 0 Å². The van der Waals surface area contributed by atoms with E-state index in [1.807, 2.05) is 13.8 Å². The highest BCUT2D eigenvalue weighted by molar-refractivity contribution is 5.84. The van der Waals surface area contributed by atoms with Crippen LogP contribution in [0, 0.1) is 19.8 Å². The summed E-state index contributed by atoms with van der Waals surface area (Å²) in [5.41, 5.74) is 1.54. The lowest BCUT2D eigenvalue weighted by Gasteiger charge is -2.16. The first-order valence-corrected chi connectivity index (χ1v) is 6.86. The number of aromatic nitrogens is 1. The summed E-state index contributed by atoms with van der Waals surface area (Å²) in [6.07, 6.45) is 1.85.